The maximum Gasteiger partial charge on any atom is 0.0686 e. The largest absolute Gasteiger partial charge is 0.393 e. The standard InChI is InChI=1S/C17H30O3/c18-16(7-6-15-5-1-4-11-19-15)14-8-12-20-17(13-14)9-2-3-10-17/h14-16,18H,1-13H2. The van der Waals surface area contributed by atoms with Crippen molar-refractivity contribution in [3.05, 3.63) is 0 Å². The molecule has 3 heteroatoms. The van der Waals surface area contributed by atoms with E-state index < -0.39 is 0 Å². The van der Waals surface area contributed by atoms with E-state index in [4.69, 9.17) is 9.47 Å². The third-order valence-corrected chi connectivity index (χ3v) is 5.65. The Morgan fingerprint density at radius 2 is 1.90 bits per heavy atom. The van der Waals surface area contributed by atoms with Gasteiger partial charge in [0, 0.05) is 13.2 Å². The summed E-state index contributed by atoms with van der Waals surface area (Å²) in [6, 6.07) is 0. The molecule has 2 saturated heterocycles. The second-order valence-electron chi connectivity index (χ2n) is 7.12. The molecule has 1 saturated carbocycles. The third-order valence-electron chi connectivity index (χ3n) is 5.65. The zero-order chi connectivity index (χ0) is 13.8. The summed E-state index contributed by atoms with van der Waals surface area (Å²) in [7, 11) is 0. The molecule has 0 aromatic heterocycles. The molecule has 0 radical (unpaired) electrons. The monoisotopic (exact) mass is 282 g/mol. The van der Waals surface area contributed by atoms with E-state index in [0.717, 1.165) is 38.9 Å². The molecule has 0 bridgehead atoms. The van der Waals surface area contributed by atoms with Gasteiger partial charge in [-0.15, -0.1) is 0 Å². The van der Waals surface area contributed by atoms with Crippen molar-refractivity contribution in [2.45, 2.75) is 88.4 Å². The molecule has 3 atom stereocenters. The fraction of sp³-hybridized carbons (Fsp3) is 1.00. The summed E-state index contributed by atoms with van der Waals surface area (Å²) in [4.78, 5) is 0. The molecule has 1 N–H and O–H groups in total. The number of aliphatic hydroxyl groups is 1. The molecule has 0 aromatic carbocycles. The van der Waals surface area contributed by atoms with Crippen LogP contribution in [-0.2, 0) is 9.47 Å². The fourth-order valence-corrected chi connectivity index (χ4v) is 4.39. The number of ether oxygens (including phenoxy) is 2. The molecule has 1 spiro atoms. The van der Waals surface area contributed by atoms with Crippen molar-refractivity contribution in [3.63, 3.8) is 0 Å². The molecule has 0 amide bonds. The van der Waals surface area contributed by atoms with E-state index in [1.165, 1.54) is 44.9 Å². The van der Waals surface area contributed by atoms with Gasteiger partial charge >= 0.3 is 0 Å². The highest BCUT2D eigenvalue weighted by Crippen LogP contribution is 2.43. The molecule has 3 aliphatic rings. The Hall–Kier alpha value is -0.120. The highest BCUT2D eigenvalue weighted by atomic mass is 16.5. The van der Waals surface area contributed by atoms with Crippen molar-refractivity contribution in [1.82, 2.24) is 0 Å². The molecule has 1 aliphatic carbocycles. The quantitative estimate of drug-likeness (QED) is 0.858. The van der Waals surface area contributed by atoms with Crippen LogP contribution in [0.25, 0.3) is 0 Å². The first kappa shape index (κ1) is 14.8. The van der Waals surface area contributed by atoms with E-state index in [-0.39, 0.29) is 11.7 Å². The van der Waals surface area contributed by atoms with Gasteiger partial charge in [0.25, 0.3) is 0 Å². The number of hydrogen-bond acceptors (Lipinski definition) is 3. The lowest BCUT2D eigenvalue weighted by Crippen LogP contribution is -2.41. The Balaban J connectivity index is 1.45. The van der Waals surface area contributed by atoms with Crippen LogP contribution in [0.3, 0.4) is 0 Å². The van der Waals surface area contributed by atoms with Crippen molar-refractivity contribution in [2.75, 3.05) is 13.2 Å². The first-order chi connectivity index (χ1) is 9.77. The van der Waals surface area contributed by atoms with Gasteiger partial charge in [-0.1, -0.05) is 12.8 Å². The second kappa shape index (κ2) is 6.76. The molecule has 20 heavy (non-hydrogen) atoms. The normalized spacial score (nSPS) is 35.2. The summed E-state index contributed by atoms with van der Waals surface area (Å²) < 4.78 is 11.8. The summed E-state index contributed by atoms with van der Waals surface area (Å²) in [5.41, 5.74) is 0.130. The van der Waals surface area contributed by atoms with Gasteiger partial charge < -0.3 is 14.6 Å². The summed E-state index contributed by atoms with van der Waals surface area (Å²) in [6.07, 6.45) is 13.0. The van der Waals surface area contributed by atoms with Crippen LogP contribution in [0.2, 0.25) is 0 Å². The van der Waals surface area contributed by atoms with Crippen LogP contribution < -0.4 is 0 Å². The summed E-state index contributed by atoms with van der Waals surface area (Å²) in [5, 5.41) is 10.5. The van der Waals surface area contributed by atoms with Crippen LogP contribution >= 0.6 is 0 Å². The van der Waals surface area contributed by atoms with E-state index in [9.17, 15) is 5.11 Å². The summed E-state index contributed by atoms with van der Waals surface area (Å²) >= 11 is 0. The SMILES string of the molecule is OC(CCC1CCCCO1)C1CCOC2(CCCC2)C1. The maximum atomic E-state index is 10.5. The van der Waals surface area contributed by atoms with Crippen LogP contribution in [0.4, 0.5) is 0 Å². The first-order valence-electron chi connectivity index (χ1n) is 8.71. The van der Waals surface area contributed by atoms with Crippen molar-refractivity contribution in [3.8, 4) is 0 Å². The van der Waals surface area contributed by atoms with E-state index >= 15 is 0 Å². The zero-order valence-corrected chi connectivity index (χ0v) is 12.7. The van der Waals surface area contributed by atoms with Crippen LogP contribution in [0.5, 0.6) is 0 Å². The van der Waals surface area contributed by atoms with Gasteiger partial charge in [0.1, 0.15) is 0 Å². The van der Waals surface area contributed by atoms with Crippen molar-refractivity contribution < 1.29 is 14.6 Å². The lowest BCUT2D eigenvalue weighted by molar-refractivity contribution is -0.115. The number of rotatable bonds is 4. The topological polar surface area (TPSA) is 38.7 Å². The lowest BCUT2D eigenvalue weighted by Gasteiger charge is -2.40. The van der Waals surface area contributed by atoms with Gasteiger partial charge in [0.05, 0.1) is 17.8 Å². The molecule has 116 valence electrons. The van der Waals surface area contributed by atoms with Crippen LogP contribution in [0.1, 0.15) is 70.6 Å². The van der Waals surface area contributed by atoms with Gasteiger partial charge in [0.15, 0.2) is 0 Å². The van der Waals surface area contributed by atoms with Crippen molar-refractivity contribution in [2.24, 2.45) is 5.92 Å². The van der Waals surface area contributed by atoms with Gasteiger partial charge in [-0.3, -0.25) is 0 Å². The van der Waals surface area contributed by atoms with E-state index in [1.807, 2.05) is 0 Å². The highest BCUT2D eigenvalue weighted by Gasteiger charge is 2.41. The molecule has 3 fully saturated rings. The molecule has 3 rings (SSSR count). The van der Waals surface area contributed by atoms with Gasteiger partial charge in [-0.05, 0) is 63.7 Å². The van der Waals surface area contributed by atoms with Crippen LogP contribution in [-0.4, -0.2) is 36.1 Å². The van der Waals surface area contributed by atoms with Gasteiger partial charge in [-0.25, -0.2) is 0 Å². The van der Waals surface area contributed by atoms with E-state index in [1.54, 1.807) is 0 Å². The predicted molar refractivity (Wildman–Crippen MR) is 78.7 cm³/mol. The zero-order valence-electron chi connectivity index (χ0n) is 12.7. The minimum atomic E-state index is -0.151. The number of aliphatic hydroxyl groups excluding tert-OH is 1. The molecular formula is C17H30O3. The fourth-order valence-electron chi connectivity index (χ4n) is 4.39. The molecule has 2 aliphatic heterocycles. The maximum absolute atomic E-state index is 10.5. The Kier molecular flexibility index (Phi) is 5.00. The average Bonchev–Trinajstić information content (AvgIpc) is 2.93. The Morgan fingerprint density at radius 1 is 1.05 bits per heavy atom. The van der Waals surface area contributed by atoms with Crippen molar-refractivity contribution in [1.29, 1.82) is 0 Å². The van der Waals surface area contributed by atoms with Crippen LogP contribution in [0, 0.1) is 5.92 Å². The molecule has 2 heterocycles. The Morgan fingerprint density at radius 3 is 2.65 bits per heavy atom. The molecule has 0 aromatic rings. The third kappa shape index (κ3) is 3.55. The smallest absolute Gasteiger partial charge is 0.0686 e. The number of hydrogen-bond donors (Lipinski definition) is 1. The van der Waals surface area contributed by atoms with E-state index in [0.29, 0.717) is 12.0 Å². The van der Waals surface area contributed by atoms with Crippen LogP contribution in [0.15, 0.2) is 0 Å². The molecular weight excluding hydrogens is 252 g/mol. The second-order valence-corrected chi connectivity index (χ2v) is 7.12. The first-order valence-corrected chi connectivity index (χ1v) is 8.71. The Bertz CT molecular complexity index is 293. The molecule has 3 unspecified atom stereocenters. The Labute approximate surface area is 123 Å². The predicted octanol–water partition coefficient (Wildman–Crippen LogP) is 3.44. The highest BCUT2D eigenvalue weighted by molar-refractivity contribution is 4.92. The van der Waals surface area contributed by atoms with Crippen molar-refractivity contribution >= 4 is 0 Å². The summed E-state index contributed by atoms with van der Waals surface area (Å²) in [6.45, 7) is 1.77. The van der Waals surface area contributed by atoms with E-state index in [2.05, 4.69) is 0 Å². The minimum Gasteiger partial charge on any atom is -0.393 e. The summed E-state index contributed by atoms with van der Waals surface area (Å²) in [5.74, 6) is 0.449. The van der Waals surface area contributed by atoms with Gasteiger partial charge in [0.2, 0.25) is 0 Å². The lowest BCUT2D eigenvalue weighted by atomic mass is 9.80. The molecule has 3 nitrogen and oxygen atoms in total. The minimum absolute atomic E-state index is 0.130. The van der Waals surface area contributed by atoms with Gasteiger partial charge in [-0.2, -0.15) is 0 Å². The average molecular weight is 282 g/mol.